The van der Waals surface area contributed by atoms with Crippen LogP contribution in [0.15, 0.2) is 6.20 Å². The summed E-state index contributed by atoms with van der Waals surface area (Å²) < 4.78 is 5.99. The van der Waals surface area contributed by atoms with Crippen molar-refractivity contribution >= 4 is 11.6 Å². The van der Waals surface area contributed by atoms with Crippen LogP contribution in [0.1, 0.15) is 6.92 Å². The van der Waals surface area contributed by atoms with Crippen molar-refractivity contribution in [1.82, 2.24) is 9.78 Å². The highest BCUT2D eigenvalue weighted by Gasteiger charge is 2.10. The van der Waals surface area contributed by atoms with E-state index in [-0.39, 0.29) is 18.1 Å². The monoisotopic (exact) mass is 199 g/mol. The summed E-state index contributed by atoms with van der Waals surface area (Å²) in [6.07, 6.45) is 1.15. The number of nitrogens with two attached hydrogens (primary N) is 1. The van der Waals surface area contributed by atoms with Gasteiger partial charge in [0.2, 0.25) is 5.96 Å². The number of ether oxygens (including phenoxy) is 1. The van der Waals surface area contributed by atoms with E-state index in [1.807, 2.05) is 0 Å². The Morgan fingerprint density at radius 1 is 1.86 bits per heavy atom. The molecule has 1 aromatic rings. The van der Waals surface area contributed by atoms with Gasteiger partial charge >= 0.3 is 0 Å². The van der Waals surface area contributed by atoms with E-state index in [0.717, 1.165) is 4.68 Å². The average molecular weight is 199 g/mol. The number of nitrogens with one attached hydrogen (secondary N) is 2. The van der Waals surface area contributed by atoms with Crippen molar-refractivity contribution in [2.45, 2.75) is 13.2 Å². The molecule has 0 radical (unpaired) electrons. The van der Waals surface area contributed by atoms with Crippen molar-refractivity contribution in [1.29, 1.82) is 5.41 Å². The Morgan fingerprint density at radius 2 is 2.50 bits per heavy atom. The number of rotatable bonds is 3. The number of hydrogen-bond acceptors (Lipinski definition) is 5. The van der Waals surface area contributed by atoms with Crippen LogP contribution in [0.5, 0.6) is 5.88 Å². The van der Waals surface area contributed by atoms with Gasteiger partial charge in [-0.2, -0.15) is 0 Å². The maximum Gasteiger partial charge on any atom is 0.254 e. The topological polar surface area (TPSA) is 109 Å². The Hall–Kier alpha value is -1.76. The third kappa shape index (κ3) is 2.13. The summed E-state index contributed by atoms with van der Waals surface area (Å²) >= 11 is 0. The highest BCUT2D eigenvalue weighted by molar-refractivity contribution is 5.77. The van der Waals surface area contributed by atoms with E-state index in [2.05, 4.69) is 10.4 Å². The molecular weight excluding hydrogens is 186 g/mol. The SMILES string of the molecule is COC(C)Nc1cn(C(=N)N)nc1O. The molecule has 0 fully saturated rings. The zero-order chi connectivity index (χ0) is 10.7. The normalized spacial score (nSPS) is 12.4. The summed E-state index contributed by atoms with van der Waals surface area (Å²) in [4.78, 5) is 0. The second kappa shape index (κ2) is 3.97. The van der Waals surface area contributed by atoms with E-state index in [0.29, 0.717) is 5.69 Å². The molecule has 0 aliphatic rings. The van der Waals surface area contributed by atoms with Gasteiger partial charge in [-0.15, -0.1) is 5.10 Å². The first-order valence-corrected chi connectivity index (χ1v) is 3.97. The van der Waals surface area contributed by atoms with Gasteiger partial charge in [0.05, 0.1) is 6.20 Å². The fourth-order valence-electron chi connectivity index (χ4n) is 0.868. The second-order valence-corrected chi connectivity index (χ2v) is 2.72. The van der Waals surface area contributed by atoms with Crippen LogP contribution in [0.4, 0.5) is 5.69 Å². The van der Waals surface area contributed by atoms with Crippen LogP contribution < -0.4 is 11.1 Å². The zero-order valence-corrected chi connectivity index (χ0v) is 7.98. The Balaban J connectivity index is 2.82. The minimum atomic E-state index is -0.265. The van der Waals surface area contributed by atoms with Crippen molar-refractivity contribution in [2.24, 2.45) is 5.73 Å². The van der Waals surface area contributed by atoms with Crippen LogP contribution in [0.3, 0.4) is 0 Å². The van der Waals surface area contributed by atoms with Crippen LogP contribution in [-0.2, 0) is 4.74 Å². The molecule has 0 aliphatic heterocycles. The van der Waals surface area contributed by atoms with Crippen LogP contribution >= 0.6 is 0 Å². The molecule has 1 atom stereocenters. The summed E-state index contributed by atoms with van der Waals surface area (Å²) in [7, 11) is 1.53. The minimum absolute atomic E-state index is 0.218. The maximum atomic E-state index is 9.32. The molecule has 78 valence electrons. The van der Waals surface area contributed by atoms with Gasteiger partial charge in [-0.05, 0) is 6.92 Å². The summed E-state index contributed by atoms with van der Waals surface area (Å²) in [6, 6.07) is 0. The van der Waals surface area contributed by atoms with E-state index in [4.69, 9.17) is 15.9 Å². The summed E-state index contributed by atoms with van der Waals surface area (Å²) in [5, 5.41) is 22.8. The van der Waals surface area contributed by atoms with Gasteiger partial charge in [0.15, 0.2) is 0 Å². The maximum absolute atomic E-state index is 9.32. The molecule has 5 N–H and O–H groups in total. The molecule has 0 saturated carbocycles. The van der Waals surface area contributed by atoms with Gasteiger partial charge in [0.1, 0.15) is 11.9 Å². The van der Waals surface area contributed by atoms with Crippen molar-refractivity contribution in [3.63, 3.8) is 0 Å². The zero-order valence-electron chi connectivity index (χ0n) is 7.98. The lowest BCUT2D eigenvalue weighted by atomic mass is 10.5. The Bertz CT molecular complexity index is 335. The van der Waals surface area contributed by atoms with Gasteiger partial charge < -0.3 is 20.9 Å². The molecule has 0 saturated heterocycles. The quantitative estimate of drug-likeness (QED) is 0.304. The lowest BCUT2D eigenvalue weighted by molar-refractivity contribution is 0.141. The summed E-state index contributed by atoms with van der Waals surface area (Å²) in [5.74, 6) is -0.484. The number of aromatic nitrogens is 2. The van der Waals surface area contributed by atoms with E-state index >= 15 is 0 Å². The number of aromatic hydroxyl groups is 1. The third-order valence-electron chi connectivity index (χ3n) is 1.65. The van der Waals surface area contributed by atoms with Crippen LogP contribution in [0.2, 0.25) is 0 Å². The van der Waals surface area contributed by atoms with E-state index < -0.39 is 0 Å². The lowest BCUT2D eigenvalue weighted by Crippen LogP contribution is -2.21. The van der Waals surface area contributed by atoms with Crippen LogP contribution in [0.25, 0.3) is 0 Å². The highest BCUT2D eigenvalue weighted by atomic mass is 16.5. The molecule has 7 heteroatoms. The van der Waals surface area contributed by atoms with E-state index in [1.54, 1.807) is 6.92 Å². The van der Waals surface area contributed by atoms with Gasteiger partial charge in [-0.3, -0.25) is 5.41 Å². The van der Waals surface area contributed by atoms with Gasteiger partial charge in [0, 0.05) is 7.11 Å². The van der Waals surface area contributed by atoms with Gasteiger partial charge in [-0.25, -0.2) is 4.68 Å². The Labute approximate surface area is 81.0 Å². The number of hydrogen-bond donors (Lipinski definition) is 4. The predicted molar refractivity (Wildman–Crippen MR) is 51.3 cm³/mol. The molecule has 1 heterocycles. The standard InChI is InChI=1S/C7H13N5O2/c1-4(14-2)10-5-3-12(7(8)9)11-6(5)13/h3-4,10H,1-2H3,(H3,8,9)(H,11,13). The first-order chi connectivity index (χ1) is 6.54. The Morgan fingerprint density at radius 3 is 2.93 bits per heavy atom. The van der Waals surface area contributed by atoms with Gasteiger partial charge in [-0.1, -0.05) is 0 Å². The van der Waals surface area contributed by atoms with Gasteiger partial charge in [0.25, 0.3) is 5.88 Å². The molecule has 0 aromatic carbocycles. The third-order valence-corrected chi connectivity index (χ3v) is 1.65. The second-order valence-electron chi connectivity index (χ2n) is 2.72. The fourth-order valence-corrected chi connectivity index (χ4v) is 0.868. The van der Waals surface area contributed by atoms with Crippen molar-refractivity contribution in [2.75, 3.05) is 12.4 Å². The molecular formula is C7H13N5O2. The number of anilines is 1. The first kappa shape index (κ1) is 10.3. The molecule has 7 nitrogen and oxygen atoms in total. The van der Waals surface area contributed by atoms with Crippen molar-refractivity contribution < 1.29 is 9.84 Å². The molecule has 0 spiro atoms. The predicted octanol–water partition coefficient (Wildman–Crippen LogP) is -0.265. The fraction of sp³-hybridized carbons (Fsp3) is 0.429. The number of methoxy groups -OCH3 is 1. The van der Waals surface area contributed by atoms with Crippen molar-refractivity contribution in [3.8, 4) is 5.88 Å². The summed E-state index contributed by atoms with van der Waals surface area (Å²) in [6.45, 7) is 1.77. The molecule has 1 aromatic heterocycles. The molecule has 0 amide bonds. The molecule has 0 bridgehead atoms. The van der Waals surface area contributed by atoms with E-state index in [1.165, 1.54) is 13.3 Å². The molecule has 14 heavy (non-hydrogen) atoms. The minimum Gasteiger partial charge on any atom is -0.491 e. The molecule has 1 unspecified atom stereocenters. The molecule has 1 rings (SSSR count). The van der Waals surface area contributed by atoms with Crippen molar-refractivity contribution in [3.05, 3.63) is 6.20 Å². The average Bonchev–Trinajstić information content (AvgIpc) is 2.48. The highest BCUT2D eigenvalue weighted by Crippen LogP contribution is 2.20. The van der Waals surface area contributed by atoms with Crippen LogP contribution in [0, 0.1) is 5.41 Å². The smallest absolute Gasteiger partial charge is 0.254 e. The largest absolute Gasteiger partial charge is 0.491 e. The van der Waals surface area contributed by atoms with Crippen LogP contribution in [-0.4, -0.2) is 34.2 Å². The Kier molecular flexibility index (Phi) is 2.92. The number of nitrogen functional groups attached to an aromatic ring is 1. The van der Waals surface area contributed by atoms with E-state index in [9.17, 15) is 5.11 Å². The number of nitrogens with zero attached hydrogens (tertiary/aromatic N) is 2. The first-order valence-electron chi connectivity index (χ1n) is 3.97. The summed E-state index contributed by atoms with van der Waals surface area (Å²) in [5.41, 5.74) is 5.54. The molecule has 0 aliphatic carbocycles. The lowest BCUT2D eigenvalue weighted by Gasteiger charge is -2.10.